The van der Waals surface area contributed by atoms with Gasteiger partial charge in [0.1, 0.15) is 22.7 Å². The molecule has 0 amide bonds. The molecule has 0 spiro atoms. The van der Waals surface area contributed by atoms with Crippen LogP contribution < -0.4 is 5.73 Å². The lowest BCUT2D eigenvalue weighted by Crippen LogP contribution is -2.11. The van der Waals surface area contributed by atoms with Crippen molar-refractivity contribution in [3.8, 4) is 11.3 Å². The van der Waals surface area contributed by atoms with Crippen molar-refractivity contribution in [1.82, 2.24) is 0 Å². The van der Waals surface area contributed by atoms with Crippen LogP contribution in [0.25, 0.3) is 22.3 Å². The molecule has 1 aliphatic carbocycles. The maximum absolute atomic E-state index is 13.8. The maximum Gasteiger partial charge on any atom is 0.341 e. The molecular formula is C20H18FNO3. The molecule has 2 N–H and O–H groups in total. The average Bonchev–Trinajstić information content (AvgIpc) is 3.39. The van der Waals surface area contributed by atoms with Gasteiger partial charge in [0.05, 0.1) is 7.11 Å². The number of methoxy groups -OCH3 is 1. The predicted octanol–water partition coefficient (Wildman–Crippen LogP) is 4.44. The number of rotatable bonds is 4. The first kappa shape index (κ1) is 15.8. The summed E-state index contributed by atoms with van der Waals surface area (Å²) in [7, 11) is 1.25. The van der Waals surface area contributed by atoms with Crippen LogP contribution in [0.15, 0.2) is 46.9 Å². The van der Waals surface area contributed by atoms with Gasteiger partial charge in [-0.3, -0.25) is 0 Å². The molecule has 0 bridgehead atoms. The molecule has 1 unspecified atom stereocenters. The number of hydrogen-bond acceptors (Lipinski definition) is 4. The van der Waals surface area contributed by atoms with Crippen molar-refractivity contribution in [2.24, 2.45) is 11.7 Å². The van der Waals surface area contributed by atoms with Crippen LogP contribution in [0.4, 0.5) is 4.39 Å². The average molecular weight is 339 g/mol. The van der Waals surface area contributed by atoms with Crippen molar-refractivity contribution in [2.45, 2.75) is 18.9 Å². The van der Waals surface area contributed by atoms with E-state index >= 15 is 0 Å². The van der Waals surface area contributed by atoms with E-state index in [1.807, 2.05) is 24.3 Å². The smallest absolute Gasteiger partial charge is 0.341 e. The highest BCUT2D eigenvalue weighted by atomic mass is 19.1. The van der Waals surface area contributed by atoms with Gasteiger partial charge in [-0.15, -0.1) is 0 Å². The number of furan rings is 1. The van der Waals surface area contributed by atoms with Gasteiger partial charge >= 0.3 is 5.97 Å². The minimum Gasteiger partial charge on any atom is -0.465 e. The minimum absolute atomic E-state index is 0.0738. The fourth-order valence-electron chi connectivity index (χ4n) is 3.12. The first-order valence-electron chi connectivity index (χ1n) is 8.24. The van der Waals surface area contributed by atoms with E-state index in [2.05, 4.69) is 0 Å². The minimum atomic E-state index is -0.629. The fraction of sp³-hybridized carbons (Fsp3) is 0.250. The second kappa shape index (κ2) is 6.01. The van der Waals surface area contributed by atoms with Gasteiger partial charge in [-0.05, 0) is 42.5 Å². The SMILES string of the molecule is COC(=O)c1cc(F)cc2cc(-c3ccc(C(N)C4CC4)cc3)oc12. The summed E-state index contributed by atoms with van der Waals surface area (Å²) in [5.41, 5.74) is 8.57. The number of hydrogen-bond donors (Lipinski definition) is 1. The Bertz CT molecular complexity index is 941. The highest BCUT2D eigenvalue weighted by molar-refractivity contribution is 6.03. The van der Waals surface area contributed by atoms with E-state index in [1.165, 1.54) is 26.0 Å². The van der Waals surface area contributed by atoms with Crippen molar-refractivity contribution >= 4 is 16.9 Å². The highest BCUT2D eigenvalue weighted by Gasteiger charge is 2.29. The van der Waals surface area contributed by atoms with Crippen molar-refractivity contribution in [2.75, 3.05) is 7.11 Å². The molecule has 1 saturated carbocycles. The Morgan fingerprint density at radius 2 is 1.96 bits per heavy atom. The Balaban J connectivity index is 1.73. The monoisotopic (exact) mass is 339 g/mol. The summed E-state index contributed by atoms with van der Waals surface area (Å²) in [5, 5.41) is 0.522. The van der Waals surface area contributed by atoms with Crippen molar-refractivity contribution in [3.63, 3.8) is 0 Å². The Labute approximate surface area is 144 Å². The molecule has 2 aromatic carbocycles. The van der Waals surface area contributed by atoms with E-state index in [4.69, 9.17) is 14.9 Å². The predicted molar refractivity (Wildman–Crippen MR) is 92.6 cm³/mol. The molecule has 0 radical (unpaired) electrons. The Hall–Kier alpha value is -2.66. The molecule has 1 fully saturated rings. The molecular weight excluding hydrogens is 321 g/mol. The largest absolute Gasteiger partial charge is 0.465 e. The third kappa shape index (κ3) is 2.91. The third-order valence-corrected chi connectivity index (χ3v) is 4.70. The van der Waals surface area contributed by atoms with Gasteiger partial charge in [-0.1, -0.05) is 24.3 Å². The second-order valence-corrected chi connectivity index (χ2v) is 6.46. The van der Waals surface area contributed by atoms with Crippen molar-refractivity contribution in [3.05, 3.63) is 59.4 Å². The molecule has 1 atom stereocenters. The molecule has 5 heteroatoms. The van der Waals surface area contributed by atoms with Gasteiger partial charge in [0.15, 0.2) is 0 Å². The van der Waals surface area contributed by atoms with Gasteiger partial charge < -0.3 is 14.9 Å². The van der Waals surface area contributed by atoms with Crippen LogP contribution >= 0.6 is 0 Å². The van der Waals surface area contributed by atoms with Crippen molar-refractivity contribution in [1.29, 1.82) is 0 Å². The van der Waals surface area contributed by atoms with Crippen LogP contribution in [-0.2, 0) is 4.74 Å². The van der Waals surface area contributed by atoms with E-state index in [9.17, 15) is 9.18 Å². The first-order chi connectivity index (χ1) is 12.1. The Morgan fingerprint density at radius 3 is 2.60 bits per heavy atom. The van der Waals surface area contributed by atoms with Crippen LogP contribution in [0, 0.1) is 11.7 Å². The molecule has 3 aromatic rings. The molecule has 128 valence electrons. The van der Waals surface area contributed by atoms with E-state index in [0.29, 0.717) is 22.6 Å². The molecule has 4 rings (SSSR count). The number of benzene rings is 2. The number of carbonyl (C=O) groups excluding carboxylic acids is 1. The number of carbonyl (C=O) groups is 1. The van der Waals surface area contributed by atoms with Gasteiger partial charge in [0.25, 0.3) is 0 Å². The number of esters is 1. The fourth-order valence-corrected chi connectivity index (χ4v) is 3.12. The lowest BCUT2D eigenvalue weighted by molar-refractivity contribution is 0.0601. The summed E-state index contributed by atoms with van der Waals surface area (Å²) in [4.78, 5) is 11.9. The highest BCUT2D eigenvalue weighted by Crippen LogP contribution is 2.40. The van der Waals surface area contributed by atoms with Crippen molar-refractivity contribution < 1.29 is 18.3 Å². The number of halogens is 1. The van der Waals surface area contributed by atoms with Gasteiger partial charge in [0.2, 0.25) is 0 Å². The van der Waals surface area contributed by atoms with Crippen LogP contribution in [0.2, 0.25) is 0 Å². The summed E-state index contributed by atoms with van der Waals surface area (Å²) in [6, 6.07) is 12.1. The Kier molecular flexibility index (Phi) is 3.81. The number of ether oxygens (including phenoxy) is 1. The lowest BCUT2D eigenvalue weighted by atomic mass is 10.0. The lowest BCUT2D eigenvalue weighted by Gasteiger charge is -2.10. The van der Waals surface area contributed by atoms with Crippen LogP contribution in [0.1, 0.15) is 34.8 Å². The molecule has 0 aliphatic heterocycles. The van der Waals surface area contributed by atoms with E-state index < -0.39 is 11.8 Å². The molecule has 25 heavy (non-hydrogen) atoms. The third-order valence-electron chi connectivity index (χ3n) is 4.70. The molecule has 1 aliphatic rings. The van der Waals surface area contributed by atoms with E-state index in [-0.39, 0.29) is 11.6 Å². The summed E-state index contributed by atoms with van der Waals surface area (Å²) < 4.78 is 24.3. The normalized spacial score (nSPS) is 15.3. The molecule has 0 saturated heterocycles. The van der Waals surface area contributed by atoms with E-state index in [1.54, 1.807) is 6.07 Å². The molecule has 1 heterocycles. The van der Waals surface area contributed by atoms with Gasteiger partial charge in [-0.2, -0.15) is 0 Å². The number of nitrogens with two attached hydrogens (primary N) is 1. The first-order valence-corrected chi connectivity index (χ1v) is 8.24. The Morgan fingerprint density at radius 1 is 1.24 bits per heavy atom. The van der Waals surface area contributed by atoms with E-state index in [0.717, 1.165) is 17.2 Å². The van der Waals surface area contributed by atoms with Crippen LogP contribution in [-0.4, -0.2) is 13.1 Å². The molecule has 4 nitrogen and oxygen atoms in total. The summed E-state index contributed by atoms with van der Waals surface area (Å²) in [6.45, 7) is 0. The van der Waals surface area contributed by atoms with Crippen LogP contribution in [0.3, 0.4) is 0 Å². The summed E-state index contributed by atoms with van der Waals surface area (Å²) in [6.07, 6.45) is 2.38. The molecule has 1 aromatic heterocycles. The zero-order valence-electron chi connectivity index (χ0n) is 13.8. The van der Waals surface area contributed by atoms with Crippen LogP contribution in [0.5, 0.6) is 0 Å². The zero-order valence-corrected chi connectivity index (χ0v) is 13.8. The summed E-state index contributed by atoms with van der Waals surface area (Å²) in [5.74, 6) is 0.0158. The topological polar surface area (TPSA) is 65.5 Å². The maximum atomic E-state index is 13.8. The quantitative estimate of drug-likeness (QED) is 0.714. The number of fused-ring (bicyclic) bond motifs is 1. The zero-order chi connectivity index (χ0) is 17.6. The summed E-state index contributed by atoms with van der Waals surface area (Å²) >= 11 is 0. The second-order valence-electron chi connectivity index (χ2n) is 6.46. The van der Waals surface area contributed by atoms with Gasteiger partial charge in [-0.25, -0.2) is 9.18 Å². The standard InChI is InChI=1S/C20H18FNO3/c1-24-20(23)16-10-15(21)8-14-9-17(25-19(14)16)11-2-4-12(5-3-11)18(22)13-6-7-13/h2-5,8-10,13,18H,6-7,22H2,1H3. The van der Waals surface area contributed by atoms with Gasteiger partial charge in [0, 0.05) is 17.0 Å².